The number of carbonyl (C=O) groups excluding carboxylic acids is 1. The highest BCUT2D eigenvalue weighted by atomic mass is 16.6. The molecule has 1 heterocycles. The maximum absolute atomic E-state index is 12.1. The summed E-state index contributed by atoms with van der Waals surface area (Å²) in [6, 6.07) is 8.34. The van der Waals surface area contributed by atoms with Gasteiger partial charge in [-0.05, 0) is 12.5 Å². The maximum atomic E-state index is 12.1. The third kappa shape index (κ3) is 4.62. The number of rotatable bonds is 5. The van der Waals surface area contributed by atoms with Gasteiger partial charge in [-0.3, -0.25) is 4.79 Å². The zero-order chi connectivity index (χ0) is 17.7. The number of aliphatic hydroxyl groups is 4. The van der Waals surface area contributed by atoms with E-state index in [2.05, 4.69) is 5.32 Å². The fourth-order valence-corrected chi connectivity index (χ4v) is 2.63. The van der Waals surface area contributed by atoms with E-state index >= 15 is 0 Å². The Morgan fingerprint density at radius 1 is 1.21 bits per heavy atom. The van der Waals surface area contributed by atoms with E-state index in [0.29, 0.717) is 0 Å². The van der Waals surface area contributed by atoms with Crippen LogP contribution in [0.2, 0.25) is 0 Å². The number of hydrogen-bond acceptors (Lipinski definition) is 6. The molecule has 1 aromatic rings. The van der Waals surface area contributed by atoms with Crippen LogP contribution in [0.25, 0.3) is 6.08 Å². The van der Waals surface area contributed by atoms with Crippen molar-refractivity contribution >= 4 is 12.0 Å². The Labute approximate surface area is 140 Å². The Balaban J connectivity index is 1.95. The number of nitrogens with one attached hydrogen (secondary N) is 1. The number of aliphatic hydroxyl groups excluding tert-OH is 4. The Morgan fingerprint density at radius 2 is 1.88 bits per heavy atom. The molecule has 0 saturated carbocycles. The van der Waals surface area contributed by atoms with Gasteiger partial charge in [0.15, 0.2) is 6.29 Å². The van der Waals surface area contributed by atoms with E-state index < -0.39 is 43.2 Å². The minimum absolute atomic E-state index is 0.0738. The molecule has 0 spiro atoms. The Hall–Kier alpha value is -1.77. The van der Waals surface area contributed by atoms with E-state index in [4.69, 9.17) is 9.84 Å². The standard InChI is InChI=1S/C17H23NO6/c1-10(7-11-5-3-2-4-6-11)8-13(20)18-14-16(22)15(21)12(9-19)24-17(14)23/h2-7,12,14-17,19,21-23H,8-9H2,1H3,(H,18,20)/t12-,14-,15-,16-,17?/m1/s1. The van der Waals surface area contributed by atoms with E-state index in [0.717, 1.165) is 11.1 Å². The molecule has 132 valence electrons. The van der Waals surface area contributed by atoms with Gasteiger partial charge in [0.1, 0.15) is 24.4 Å². The average Bonchev–Trinajstić information content (AvgIpc) is 2.55. The van der Waals surface area contributed by atoms with Crippen molar-refractivity contribution in [3.63, 3.8) is 0 Å². The van der Waals surface area contributed by atoms with Crippen molar-refractivity contribution in [1.82, 2.24) is 5.32 Å². The number of benzene rings is 1. The van der Waals surface area contributed by atoms with Crippen LogP contribution < -0.4 is 5.32 Å². The number of amides is 1. The van der Waals surface area contributed by atoms with Crippen LogP contribution in [0.1, 0.15) is 18.9 Å². The van der Waals surface area contributed by atoms with E-state index in [1.165, 1.54) is 0 Å². The maximum Gasteiger partial charge on any atom is 0.224 e. The molecule has 0 aliphatic carbocycles. The summed E-state index contributed by atoms with van der Waals surface area (Å²) in [5, 5.41) is 41.1. The normalized spacial score (nSPS) is 30.9. The molecule has 0 bridgehead atoms. The highest BCUT2D eigenvalue weighted by Crippen LogP contribution is 2.20. The topological polar surface area (TPSA) is 119 Å². The van der Waals surface area contributed by atoms with Crippen molar-refractivity contribution < 1.29 is 30.0 Å². The molecule has 5 N–H and O–H groups in total. The first kappa shape index (κ1) is 18.6. The van der Waals surface area contributed by atoms with Crippen molar-refractivity contribution in [3.8, 4) is 0 Å². The van der Waals surface area contributed by atoms with Crippen LogP contribution in [0.4, 0.5) is 0 Å². The van der Waals surface area contributed by atoms with E-state index in [-0.39, 0.29) is 6.42 Å². The summed E-state index contributed by atoms with van der Waals surface area (Å²) in [6.45, 7) is 1.25. The van der Waals surface area contributed by atoms with Crippen LogP contribution >= 0.6 is 0 Å². The van der Waals surface area contributed by atoms with Crippen LogP contribution in [0.3, 0.4) is 0 Å². The van der Waals surface area contributed by atoms with Gasteiger partial charge in [-0.1, -0.05) is 42.0 Å². The van der Waals surface area contributed by atoms with Crippen molar-refractivity contribution in [2.45, 2.75) is 44.0 Å². The van der Waals surface area contributed by atoms with Crippen molar-refractivity contribution in [2.75, 3.05) is 6.61 Å². The number of ether oxygens (including phenoxy) is 1. The first-order chi connectivity index (χ1) is 11.4. The highest BCUT2D eigenvalue weighted by molar-refractivity contribution is 5.80. The molecule has 1 amide bonds. The predicted molar refractivity (Wildman–Crippen MR) is 86.6 cm³/mol. The van der Waals surface area contributed by atoms with Gasteiger partial charge in [-0.25, -0.2) is 0 Å². The zero-order valence-electron chi connectivity index (χ0n) is 13.4. The summed E-state index contributed by atoms with van der Waals surface area (Å²) in [6.07, 6.45) is -3.51. The summed E-state index contributed by atoms with van der Waals surface area (Å²) < 4.78 is 5.00. The van der Waals surface area contributed by atoms with Gasteiger partial charge < -0.3 is 30.5 Å². The lowest BCUT2D eigenvalue weighted by Crippen LogP contribution is -2.64. The zero-order valence-corrected chi connectivity index (χ0v) is 13.4. The molecule has 7 nitrogen and oxygen atoms in total. The van der Waals surface area contributed by atoms with Crippen molar-refractivity contribution in [3.05, 3.63) is 41.5 Å². The van der Waals surface area contributed by atoms with E-state index in [1.54, 1.807) is 6.92 Å². The molecular formula is C17H23NO6. The fraction of sp³-hybridized carbons (Fsp3) is 0.471. The second-order valence-corrected chi connectivity index (χ2v) is 5.90. The van der Waals surface area contributed by atoms with Crippen LogP contribution in [0.15, 0.2) is 35.9 Å². The van der Waals surface area contributed by atoms with Gasteiger partial charge in [-0.2, -0.15) is 0 Å². The molecule has 0 aromatic heterocycles. The van der Waals surface area contributed by atoms with Gasteiger partial charge in [-0.15, -0.1) is 0 Å². The first-order valence-electron chi connectivity index (χ1n) is 7.74. The average molecular weight is 337 g/mol. The number of carbonyl (C=O) groups is 1. The molecule has 5 atom stereocenters. The molecule has 7 heteroatoms. The minimum Gasteiger partial charge on any atom is -0.394 e. The quantitative estimate of drug-likeness (QED) is 0.489. The summed E-state index contributed by atoms with van der Waals surface area (Å²) >= 11 is 0. The van der Waals surface area contributed by atoms with Crippen LogP contribution in [-0.2, 0) is 9.53 Å². The fourth-order valence-electron chi connectivity index (χ4n) is 2.63. The molecule has 1 saturated heterocycles. The summed E-state index contributed by atoms with van der Waals surface area (Å²) in [7, 11) is 0. The molecule has 1 unspecified atom stereocenters. The lowest BCUT2D eigenvalue weighted by molar-refractivity contribution is -0.253. The lowest BCUT2D eigenvalue weighted by atomic mass is 9.97. The second kappa shape index (κ2) is 8.36. The molecule has 0 radical (unpaired) electrons. The molecule has 1 fully saturated rings. The SMILES string of the molecule is CC(=Cc1ccccc1)CC(=O)N[C@H]1C(O)O[C@H](CO)[C@@H](O)[C@@H]1O. The molecule has 24 heavy (non-hydrogen) atoms. The Kier molecular flexibility index (Phi) is 6.47. The third-order valence-corrected chi connectivity index (χ3v) is 3.88. The predicted octanol–water partition coefficient (Wildman–Crippen LogP) is -0.604. The monoisotopic (exact) mass is 337 g/mol. The lowest BCUT2D eigenvalue weighted by Gasteiger charge is -2.40. The summed E-state index contributed by atoms with van der Waals surface area (Å²) in [5.74, 6) is -0.416. The van der Waals surface area contributed by atoms with E-state index in [9.17, 15) is 20.1 Å². The summed E-state index contributed by atoms with van der Waals surface area (Å²) in [4.78, 5) is 12.1. The van der Waals surface area contributed by atoms with Gasteiger partial charge in [0, 0.05) is 6.42 Å². The smallest absolute Gasteiger partial charge is 0.224 e. The van der Waals surface area contributed by atoms with Crippen LogP contribution in [0, 0.1) is 0 Å². The molecule has 1 aliphatic rings. The highest BCUT2D eigenvalue weighted by Gasteiger charge is 2.44. The van der Waals surface area contributed by atoms with E-state index in [1.807, 2.05) is 36.4 Å². The van der Waals surface area contributed by atoms with Gasteiger partial charge in [0.05, 0.1) is 6.61 Å². The van der Waals surface area contributed by atoms with Gasteiger partial charge in [0.2, 0.25) is 5.91 Å². The Bertz CT molecular complexity index is 576. The summed E-state index contributed by atoms with van der Waals surface area (Å²) in [5.41, 5.74) is 1.76. The largest absolute Gasteiger partial charge is 0.394 e. The van der Waals surface area contributed by atoms with Crippen LogP contribution in [-0.4, -0.2) is 63.6 Å². The molecule has 2 rings (SSSR count). The van der Waals surface area contributed by atoms with Crippen molar-refractivity contribution in [1.29, 1.82) is 0 Å². The first-order valence-corrected chi connectivity index (χ1v) is 7.74. The van der Waals surface area contributed by atoms with Crippen LogP contribution in [0.5, 0.6) is 0 Å². The number of hydrogen-bond donors (Lipinski definition) is 5. The third-order valence-electron chi connectivity index (χ3n) is 3.88. The van der Waals surface area contributed by atoms with Gasteiger partial charge in [0.25, 0.3) is 0 Å². The second-order valence-electron chi connectivity index (χ2n) is 5.90. The molecular weight excluding hydrogens is 314 g/mol. The van der Waals surface area contributed by atoms with Gasteiger partial charge >= 0.3 is 0 Å². The molecule has 1 aliphatic heterocycles. The molecule has 1 aromatic carbocycles. The van der Waals surface area contributed by atoms with Crippen molar-refractivity contribution in [2.24, 2.45) is 0 Å². The minimum atomic E-state index is -1.51. The Morgan fingerprint density at radius 3 is 2.50 bits per heavy atom.